The van der Waals surface area contributed by atoms with E-state index in [9.17, 15) is 14.0 Å². The highest BCUT2D eigenvalue weighted by molar-refractivity contribution is 5.79. The molecule has 1 unspecified atom stereocenters. The van der Waals surface area contributed by atoms with Crippen LogP contribution < -0.4 is 10.9 Å². The number of hydrogen-bond donors (Lipinski definition) is 2. The number of fused-ring (bicyclic) bond motifs is 1. The van der Waals surface area contributed by atoms with Crippen LogP contribution >= 0.6 is 0 Å². The molecule has 1 amide bonds. The van der Waals surface area contributed by atoms with Crippen molar-refractivity contribution in [3.8, 4) is 0 Å². The van der Waals surface area contributed by atoms with Crippen molar-refractivity contribution in [3.63, 3.8) is 0 Å². The third-order valence-corrected chi connectivity index (χ3v) is 4.72. The van der Waals surface area contributed by atoms with Gasteiger partial charge in [-0.1, -0.05) is 43.7 Å². The SMILES string of the molecule is CCCC(CC(=O)NCc1cc2ccccc2[nH]c1=O)c1ccc(F)cc1. The van der Waals surface area contributed by atoms with Crippen molar-refractivity contribution >= 4 is 16.8 Å². The molecule has 27 heavy (non-hydrogen) atoms. The molecule has 2 N–H and O–H groups in total. The number of rotatable bonds is 7. The molecule has 2 aromatic carbocycles. The van der Waals surface area contributed by atoms with Crippen LogP contribution in [0.2, 0.25) is 0 Å². The van der Waals surface area contributed by atoms with Crippen molar-refractivity contribution in [2.24, 2.45) is 0 Å². The number of nitrogens with one attached hydrogen (secondary N) is 2. The lowest BCUT2D eigenvalue weighted by Gasteiger charge is -2.16. The van der Waals surface area contributed by atoms with Gasteiger partial charge in [-0.05, 0) is 47.6 Å². The maximum Gasteiger partial charge on any atom is 0.253 e. The third-order valence-electron chi connectivity index (χ3n) is 4.72. The van der Waals surface area contributed by atoms with Crippen LogP contribution in [0, 0.1) is 5.82 Å². The number of amides is 1. The van der Waals surface area contributed by atoms with Crippen LogP contribution in [-0.2, 0) is 11.3 Å². The number of para-hydroxylation sites is 1. The first-order valence-electron chi connectivity index (χ1n) is 9.20. The number of halogens is 1. The summed E-state index contributed by atoms with van der Waals surface area (Å²) in [6.07, 6.45) is 2.08. The molecule has 3 aromatic rings. The molecule has 4 nitrogen and oxygen atoms in total. The Labute approximate surface area is 157 Å². The normalized spacial score (nSPS) is 12.1. The zero-order chi connectivity index (χ0) is 19.2. The first kappa shape index (κ1) is 18.8. The predicted octanol–water partition coefficient (Wildman–Crippen LogP) is 4.26. The number of hydrogen-bond acceptors (Lipinski definition) is 2. The molecule has 0 spiro atoms. The van der Waals surface area contributed by atoms with Crippen molar-refractivity contribution in [3.05, 3.63) is 81.9 Å². The van der Waals surface area contributed by atoms with E-state index in [1.807, 2.05) is 24.3 Å². The summed E-state index contributed by atoms with van der Waals surface area (Å²) < 4.78 is 13.1. The molecule has 0 radical (unpaired) electrons. The van der Waals surface area contributed by atoms with E-state index in [-0.39, 0.29) is 29.7 Å². The average Bonchev–Trinajstić information content (AvgIpc) is 2.66. The second-order valence-electron chi connectivity index (χ2n) is 6.73. The fourth-order valence-electron chi connectivity index (χ4n) is 3.28. The minimum atomic E-state index is -0.283. The van der Waals surface area contributed by atoms with Gasteiger partial charge in [-0.2, -0.15) is 0 Å². The summed E-state index contributed by atoms with van der Waals surface area (Å²) >= 11 is 0. The average molecular weight is 366 g/mol. The van der Waals surface area contributed by atoms with E-state index in [0.717, 1.165) is 29.3 Å². The second kappa shape index (κ2) is 8.62. The van der Waals surface area contributed by atoms with Crippen LogP contribution in [0.4, 0.5) is 4.39 Å². The predicted molar refractivity (Wildman–Crippen MR) is 105 cm³/mol. The van der Waals surface area contributed by atoms with E-state index in [0.29, 0.717) is 12.0 Å². The van der Waals surface area contributed by atoms with Gasteiger partial charge in [0.15, 0.2) is 0 Å². The Kier molecular flexibility index (Phi) is 6.01. The van der Waals surface area contributed by atoms with E-state index in [2.05, 4.69) is 17.2 Å². The highest BCUT2D eigenvalue weighted by atomic mass is 19.1. The smallest absolute Gasteiger partial charge is 0.253 e. The lowest BCUT2D eigenvalue weighted by Crippen LogP contribution is -2.27. The molecule has 5 heteroatoms. The molecule has 0 bridgehead atoms. The third kappa shape index (κ3) is 4.82. The summed E-state index contributed by atoms with van der Waals surface area (Å²) in [4.78, 5) is 27.4. The van der Waals surface area contributed by atoms with Crippen molar-refractivity contribution in [2.75, 3.05) is 0 Å². The van der Waals surface area contributed by atoms with Gasteiger partial charge in [-0.25, -0.2) is 4.39 Å². The Balaban J connectivity index is 1.66. The molecule has 1 aromatic heterocycles. The minimum absolute atomic E-state index is 0.0329. The number of aromatic amines is 1. The maximum absolute atomic E-state index is 13.1. The van der Waals surface area contributed by atoms with Gasteiger partial charge in [0.05, 0.1) is 0 Å². The highest BCUT2D eigenvalue weighted by Gasteiger charge is 2.16. The highest BCUT2D eigenvalue weighted by Crippen LogP contribution is 2.25. The molecule has 0 aliphatic heterocycles. The summed E-state index contributed by atoms with van der Waals surface area (Å²) in [6, 6.07) is 15.6. The molecule has 0 saturated heterocycles. The molecule has 0 fully saturated rings. The monoisotopic (exact) mass is 366 g/mol. The Morgan fingerprint density at radius 2 is 1.89 bits per heavy atom. The van der Waals surface area contributed by atoms with Crippen LogP contribution in [0.3, 0.4) is 0 Å². The molecule has 3 rings (SSSR count). The number of pyridine rings is 1. The minimum Gasteiger partial charge on any atom is -0.352 e. The molecule has 0 saturated carbocycles. The van der Waals surface area contributed by atoms with E-state index in [1.54, 1.807) is 18.2 Å². The van der Waals surface area contributed by atoms with Crippen molar-refractivity contribution in [2.45, 2.75) is 38.6 Å². The summed E-state index contributed by atoms with van der Waals surface area (Å²) in [6.45, 7) is 2.24. The number of carbonyl (C=O) groups is 1. The van der Waals surface area contributed by atoms with Crippen LogP contribution in [0.5, 0.6) is 0 Å². The van der Waals surface area contributed by atoms with E-state index >= 15 is 0 Å². The van der Waals surface area contributed by atoms with Crippen molar-refractivity contribution < 1.29 is 9.18 Å². The first-order valence-corrected chi connectivity index (χ1v) is 9.20. The topological polar surface area (TPSA) is 62.0 Å². The molecule has 1 atom stereocenters. The van der Waals surface area contributed by atoms with Gasteiger partial charge in [-0.3, -0.25) is 9.59 Å². The van der Waals surface area contributed by atoms with Gasteiger partial charge in [0, 0.05) is 24.0 Å². The number of benzene rings is 2. The Morgan fingerprint density at radius 1 is 1.15 bits per heavy atom. The zero-order valence-electron chi connectivity index (χ0n) is 15.3. The van der Waals surface area contributed by atoms with E-state index in [4.69, 9.17) is 0 Å². The number of carbonyl (C=O) groups excluding carboxylic acids is 1. The number of H-pyrrole nitrogens is 1. The van der Waals surface area contributed by atoms with Crippen LogP contribution in [-0.4, -0.2) is 10.9 Å². The summed E-state index contributed by atoms with van der Waals surface area (Å²) in [7, 11) is 0. The fourth-order valence-corrected chi connectivity index (χ4v) is 3.28. The van der Waals surface area contributed by atoms with Gasteiger partial charge in [-0.15, -0.1) is 0 Å². The van der Waals surface area contributed by atoms with Gasteiger partial charge < -0.3 is 10.3 Å². The molecular formula is C22H23FN2O2. The van der Waals surface area contributed by atoms with Crippen LogP contribution in [0.15, 0.2) is 59.4 Å². The fraction of sp³-hybridized carbons (Fsp3) is 0.273. The molecular weight excluding hydrogens is 343 g/mol. The van der Waals surface area contributed by atoms with Crippen molar-refractivity contribution in [1.82, 2.24) is 10.3 Å². The van der Waals surface area contributed by atoms with Gasteiger partial charge in [0.1, 0.15) is 5.82 Å². The van der Waals surface area contributed by atoms with Crippen LogP contribution in [0.25, 0.3) is 10.9 Å². The quantitative estimate of drug-likeness (QED) is 0.656. The standard InChI is InChI=1S/C22H23FN2O2/c1-2-5-16(15-8-10-19(23)11-9-15)13-21(26)24-14-18-12-17-6-3-4-7-20(17)25-22(18)27/h3-4,6-12,16H,2,5,13-14H2,1H3,(H,24,26)(H,25,27). The Morgan fingerprint density at radius 3 is 2.63 bits per heavy atom. The zero-order valence-corrected chi connectivity index (χ0v) is 15.3. The van der Waals surface area contributed by atoms with E-state index in [1.165, 1.54) is 12.1 Å². The lowest BCUT2D eigenvalue weighted by atomic mass is 9.91. The van der Waals surface area contributed by atoms with Gasteiger partial charge in [0.2, 0.25) is 5.91 Å². The van der Waals surface area contributed by atoms with E-state index < -0.39 is 0 Å². The summed E-state index contributed by atoms with van der Waals surface area (Å²) in [5.74, 6) is -0.371. The molecule has 1 heterocycles. The van der Waals surface area contributed by atoms with Crippen molar-refractivity contribution in [1.29, 1.82) is 0 Å². The second-order valence-corrected chi connectivity index (χ2v) is 6.73. The molecule has 0 aliphatic rings. The Bertz CT molecular complexity index is 980. The largest absolute Gasteiger partial charge is 0.352 e. The summed E-state index contributed by atoms with van der Waals surface area (Å²) in [5, 5.41) is 3.77. The van der Waals surface area contributed by atoms with Gasteiger partial charge in [0.25, 0.3) is 5.56 Å². The number of aromatic nitrogens is 1. The first-order chi connectivity index (χ1) is 13.1. The summed E-state index contributed by atoms with van der Waals surface area (Å²) in [5.41, 5.74) is 2.06. The van der Waals surface area contributed by atoms with Gasteiger partial charge >= 0.3 is 0 Å². The lowest BCUT2D eigenvalue weighted by molar-refractivity contribution is -0.121. The Hall–Kier alpha value is -2.95. The maximum atomic E-state index is 13.1. The van der Waals surface area contributed by atoms with Crippen LogP contribution in [0.1, 0.15) is 43.2 Å². The molecule has 0 aliphatic carbocycles. The molecule has 140 valence electrons.